The van der Waals surface area contributed by atoms with Crippen molar-refractivity contribution >= 4 is 24.4 Å². The van der Waals surface area contributed by atoms with E-state index in [2.05, 4.69) is 91.4 Å². The van der Waals surface area contributed by atoms with Gasteiger partial charge in [-0.1, -0.05) is 131 Å². The van der Waals surface area contributed by atoms with Crippen LogP contribution in [-0.4, -0.2) is 46.8 Å². The SMILES string of the molecule is CC(C)CCCC(C)C1CCC2C3CC=C4CC(O)CCC4(C)C3CCC12C.CC(C)CCCC(C)C1CCC2C3CC=C4CC(OC(=O)CCC5=CN=CC5)CCC4(C)C3CCC12C.O=C(O)CCC1=CN=CC1. The maximum atomic E-state index is 12.6. The van der Waals surface area contributed by atoms with Gasteiger partial charge < -0.3 is 14.9 Å². The Morgan fingerprint density at radius 1 is 0.600 bits per heavy atom. The van der Waals surface area contributed by atoms with Gasteiger partial charge >= 0.3 is 11.9 Å². The van der Waals surface area contributed by atoms with Crippen molar-refractivity contribution < 1.29 is 24.5 Å². The average molecular weight is 1030 g/mol. The highest BCUT2D eigenvalue weighted by atomic mass is 16.5. The van der Waals surface area contributed by atoms with Crippen molar-refractivity contribution in [3.63, 3.8) is 0 Å². The maximum Gasteiger partial charge on any atom is 0.306 e. The van der Waals surface area contributed by atoms with E-state index in [0.29, 0.717) is 34.5 Å². The molecule has 6 fully saturated rings. The normalized spacial score (nSPS) is 38.9. The number of hydrogen-bond donors (Lipinski definition) is 2. The summed E-state index contributed by atoms with van der Waals surface area (Å²) in [6.07, 6.45) is 45.5. The Morgan fingerprint density at radius 3 is 1.55 bits per heavy atom. The standard InChI is InChI=1S/C34H53NO2.C27H46O.C7H9NO2/c1-23(2)7-6-8-24(3)29-12-13-30-28-11-10-26-21-27(37-32(36)14-9-25-17-20-35-22-25)15-18-33(26,4)31(28)16-19-34(29,30)5;1-18(2)7-6-8-19(3)23-11-12-24-22-10-9-20-17-21(28)13-15-26(20,4)25(22)14-16-27(23,24)5;9-7(10)2-1-6-3-4-8-5-6/h10,20,22-24,27-31H,6-9,11-19,21H2,1-5H3;9,18-19,21-25,28H,6-8,10-17H2,1-5H3;4-5H,1-3H2,(H,9,10). The third kappa shape index (κ3) is 13.1. The first-order valence-corrected chi connectivity index (χ1v) is 31.6. The summed E-state index contributed by atoms with van der Waals surface area (Å²) in [5.41, 5.74) is 7.45. The van der Waals surface area contributed by atoms with Gasteiger partial charge in [0.05, 0.1) is 6.10 Å². The number of carboxylic acid groups (broad SMARTS) is 1. The van der Waals surface area contributed by atoms with Crippen molar-refractivity contribution in [1.29, 1.82) is 0 Å². The second-order valence-electron chi connectivity index (χ2n) is 28.9. The molecule has 10 aliphatic rings. The van der Waals surface area contributed by atoms with E-state index in [1.54, 1.807) is 23.6 Å². The Hall–Kier alpha value is -2.80. The summed E-state index contributed by atoms with van der Waals surface area (Å²) in [6, 6.07) is 0. The molecule has 10 rings (SSSR count). The molecule has 16 atom stereocenters. The molecule has 2 aliphatic heterocycles. The van der Waals surface area contributed by atoms with Crippen LogP contribution in [0.5, 0.6) is 0 Å². The number of hydrogen-bond acceptors (Lipinski definition) is 6. The highest BCUT2D eigenvalue weighted by Gasteiger charge is 2.61. The van der Waals surface area contributed by atoms with Gasteiger partial charge in [-0.05, 0) is 213 Å². The number of aliphatic imine (C=N–C) groups is 2. The Morgan fingerprint density at radius 2 is 1.08 bits per heavy atom. The van der Waals surface area contributed by atoms with Crippen LogP contribution in [0.1, 0.15) is 249 Å². The van der Waals surface area contributed by atoms with Crippen molar-refractivity contribution in [2.45, 2.75) is 261 Å². The maximum absolute atomic E-state index is 12.6. The lowest BCUT2D eigenvalue weighted by atomic mass is 9.47. The zero-order chi connectivity index (χ0) is 53.7. The summed E-state index contributed by atoms with van der Waals surface area (Å²) in [7, 11) is 0. The molecular weight excluding hydrogens is 925 g/mol. The summed E-state index contributed by atoms with van der Waals surface area (Å²) in [5, 5.41) is 18.5. The third-order valence-electron chi connectivity index (χ3n) is 23.6. The van der Waals surface area contributed by atoms with Gasteiger partial charge in [0.1, 0.15) is 6.10 Å². The van der Waals surface area contributed by atoms with Gasteiger partial charge in [-0.3, -0.25) is 19.6 Å². The summed E-state index contributed by atoms with van der Waals surface area (Å²) < 4.78 is 6.01. The minimum absolute atomic E-state index is 0.0244. The molecule has 75 heavy (non-hydrogen) atoms. The van der Waals surface area contributed by atoms with Gasteiger partial charge in [0.15, 0.2) is 0 Å². The summed E-state index contributed by atoms with van der Waals surface area (Å²) in [4.78, 5) is 30.7. The van der Waals surface area contributed by atoms with Gasteiger partial charge in [-0.15, -0.1) is 0 Å². The van der Waals surface area contributed by atoms with Crippen molar-refractivity contribution in [2.75, 3.05) is 0 Å². The molecular formula is C68H108N2O5. The molecule has 420 valence electrons. The van der Waals surface area contributed by atoms with Crippen LogP contribution in [0.3, 0.4) is 0 Å². The smallest absolute Gasteiger partial charge is 0.306 e. The fourth-order valence-corrected chi connectivity index (χ4v) is 19.3. The molecule has 6 saturated carbocycles. The van der Waals surface area contributed by atoms with Crippen LogP contribution in [0.25, 0.3) is 0 Å². The monoisotopic (exact) mass is 1030 g/mol. The average Bonchev–Trinajstić information content (AvgIpc) is 4.22. The molecule has 0 spiro atoms. The summed E-state index contributed by atoms with van der Waals surface area (Å²) in [5.74, 6) is 9.91. The van der Waals surface area contributed by atoms with Gasteiger partial charge in [0.25, 0.3) is 0 Å². The lowest BCUT2D eigenvalue weighted by molar-refractivity contribution is -0.151. The van der Waals surface area contributed by atoms with Gasteiger partial charge in [-0.25, -0.2) is 0 Å². The van der Waals surface area contributed by atoms with E-state index < -0.39 is 5.97 Å². The molecule has 0 amide bonds. The predicted molar refractivity (Wildman–Crippen MR) is 310 cm³/mol. The zero-order valence-electron chi connectivity index (χ0n) is 49.4. The van der Waals surface area contributed by atoms with E-state index in [1.165, 1.54) is 121 Å². The largest absolute Gasteiger partial charge is 0.481 e. The van der Waals surface area contributed by atoms with Crippen LogP contribution in [0.2, 0.25) is 0 Å². The number of aliphatic carboxylic acids is 1. The van der Waals surface area contributed by atoms with Crippen molar-refractivity contribution in [3.05, 3.63) is 46.8 Å². The fraction of sp³-hybridized carbons (Fsp3) is 0.824. The fourth-order valence-electron chi connectivity index (χ4n) is 19.3. The number of carboxylic acids is 1. The number of carbonyl (C=O) groups excluding carboxylic acids is 1. The lowest BCUT2D eigenvalue weighted by Gasteiger charge is -2.58. The minimum atomic E-state index is -0.743. The van der Waals surface area contributed by atoms with E-state index in [4.69, 9.17) is 9.84 Å². The lowest BCUT2D eigenvalue weighted by Crippen LogP contribution is -2.51. The van der Waals surface area contributed by atoms with Crippen LogP contribution < -0.4 is 0 Å². The molecule has 0 aromatic heterocycles. The third-order valence-corrected chi connectivity index (χ3v) is 23.6. The zero-order valence-corrected chi connectivity index (χ0v) is 49.4. The number of carbonyl (C=O) groups is 2. The number of allylic oxidation sites excluding steroid dienone is 4. The van der Waals surface area contributed by atoms with Crippen LogP contribution in [-0.2, 0) is 14.3 Å². The number of fused-ring (bicyclic) bond motifs is 10. The predicted octanol–water partition coefficient (Wildman–Crippen LogP) is 17.7. The van der Waals surface area contributed by atoms with Crippen molar-refractivity contribution in [3.8, 4) is 0 Å². The second-order valence-corrected chi connectivity index (χ2v) is 28.9. The molecule has 0 radical (unpaired) electrons. The first-order valence-electron chi connectivity index (χ1n) is 31.6. The molecule has 7 nitrogen and oxygen atoms in total. The van der Waals surface area contributed by atoms with E-state index in [9.17, 15) is 14.7 Å². The Kier molecular flexibility index (Phi) is 19.5. The molecule has 2 heterocycles. The summed E-state index contributed by atoms with van der Waals surface area (Å²) >= 11 is 0. The quantitative estimate of drug-likeness (QED) is 0.111. The Bertz CT molecular complexity index is 2150. The molecule has 0 bridgehead atoms. The molecule has 0 aromatic carbocycles. The Balaban J connectivity index is 0.000000172. The number of ether oxygens (including phenoxy) is 1. The molecule has 0 saturated heterocycles. The first kappa shape index (κ1) is 58.4. The van der Waals surface area contributed by atoms with E-state index in [-0.39, 0.29) is 24.6 Å². The minimum Gasteiger partial charge on any atom is -0.481 e. The number of aliphatic hydroxyl groups is 1. The van der Waals surface area contributed by atoms with E-state index >= 15 is 0 Å². The number of esters is 1. The van der Waals surface area contributed by atoms with Gasteiger partial charge in [0.2, 0.25) is 0 Å². The second kappa shape index (κ2) is 25.1. The first-order chi connectivity index (χ1) is 35.7. The van der Waals surface area contributed by atoms with Crippen LogP contribution >= 0.6 is 0 Å². The van der Waals surface area contributed by atoms with Gasteiger partial charge in [-0.2, -0.15) is 0 Å². The highest BCUT2D eigenvalue weighted by molar-refractivity contribution is 5.71. The molecule has 8 aliphatic carbocycles. The van der Waals surface area contributed by atoms with Crippen molar-refractivity contribution in [2.24, 2.45) is 103 Å². The molecule has 16 unspecified atom stereocenters. The van der Waals surface area contributed by atoms with Crippen LogP contribution in [0, 0.1) is 92.7 Å². The number of nitrogens with zero attached hydrogens (tertiary/aromatic N) is 2. The summed E-state index contributed by atoms with van der Waals surface area (Å²) in [6.45, 7) is 25.1. The van der Waals surface area contributed by atoms with Crippen molar-refractivity contribution in [1.82, 2.24) is 0 Å². The Labute approximate surface area is 457 Å². The van der Waals surface area contributed by atoms with Crippen LogP contribution in [0.15, 0.2) is 56.8 Å². The number of aliphatic hydroxyl groups excluding tert-OH is 1. The van der Waals surface area contributed by atoms with E-state index in [1.807, 2.05) is 12.4 Å². The van der Waals surface area contributed by atoms with Gasteiger partial charge in [0, 0.05) is 56.9 Å². The number of rotatable bonds is 17. The van der Waals surface area contributed by atoms with Crippen LogP contribution in [0.4, 0.5) is 0 Å². The van der Waals surface area contributed by atoms with E-state index in [0.717, 1.165) is 122 Å². The molecule has 7 heteroatoms. The molecule has 2 N–H and O–H groups in total. The highest BCUT2D eigenvalue weighted by Crippen LogP contribution is 2.69. The topological polar surface area (TPSA) is 109 Å². The molecule has 0 aromatic rings.